The van der Waals surface area contributed by atoms with Crippen molar-refractivity contribution in [2.45, 2.75) is 26.3 Å². The Bertz CT molecular complexity index is 703. The maximum atomic E-state index is 4.64. The van der Waals surface area contributed by atoms with Crippen molar-refractivity contribution in [2.24, 2.45) is 14.1 Å². The van der Waals surface area contributed by atoms with Crippen LogP contribution in [0.5, 0.6) is 0 Å². The van der Waals surface area contributed by atoms with Crippen molar-refractivity contribution in [3.8, 4) is 0 Å². The van der Waals surface area contributed by atoms with Crippen LogP contribution in [0.1, 0.15) is 30.8 Å². The summed E-state index contributed by atoms with van der Waals surface area (Å²) in [4.78, 5) is 4.64. The van der Waals surface area contributed by atoms with Crippen LogP contribution in [0, 0.1) is 6.92 Å². The first-order chi connectivity index (χ1) is 9.60. The highest BCUT2D eigenvalue weighted by atomic mass is 32.1. The van der Waals surface area contributed by atoms with Gasteiger partial charge in [-0.3, -0.25) is 4.68 Å². The molecule has 0 aliphatic carbocycles. The van der Waals surface area contributed by atoms with Crippen LogP contribution in [-0.4, -0.2) is 24.5 Å². The van der Waals surface area contributed by atoms with E-state index < -0.39 is 0 Å². The van der Waals surface area contributed by atoms with Crippen molar-refractivity contribution in [3.05, 3.63) is 23.7 Å². The highest BCUT2D eigenvalue weighted by Gasteiger charge is 2.17. The molecule has 3 aromatic heterocycles. The zero-order valence-corrected chi connectivity index (χ0v) is 12.9. The van der Waals surface area contributed by atoms with Gasteiger partial charge in [-0.15, -0.1) is 0 Å². The van der Waals surface area contributed by atoms with Gasteiger partial charge in [0.05, 0.1) is 22.1 Å². The summed E-state index contributed by atoms with van der Waals surface area (Å²) in [7, 11) is 3.89. The average Bonchev–Trinajstić information content (AvgIpc) is 3.07. The number of aryl methyl sites for hydroxylation is 3. The molecule has 0 fully saturated rings. The second kappa shape index (κ2) is 4.90. The fourth-order valence-electron chi connectivity index (χ4n) is 2.41. The molecular formula is C13H18N6S. The molecule has 0 saturated heterocycles. The summed E-state index contributed by atoms with van der Waals surface area (Å²) in [6, 6.07) is 2.26. The zero-order valence-electron chi connectivity index (χ0n) is 12.1. The summed E-state index contributed by atoms with van der Waals surface area (Å²) in [6.45, 7) is 4.17. The molecule has 6 nitrogen and oxygen atoms in total. The van der Waals surface area contributed by atoms with E-state index >= 15 is 0 Å². The van der Waals surface area contributed by atoms with E-state index in [4.69, 9.17) is 0 Å². The van der Waals surface area contributed by atoms with Crippen LogP contribution in [0.4, 0.5) is 5.13 Å². The molecule has 0 aliphatic rings. The van der Waals surface area contributed by atoms with E-state index in [-0.39, 0.29) is 6.04 Å². The lowest BCUT2D eigenvalue weighted by atomic mass is 10.1. The molecule has 0 saturated carbocycles. The van der Waals surface area contributed by atoms with Gasteiger partial charge in [-0.05, 0) is 19.4 Å². The van der Waals surface area contributed by atoms with E-state index in [0.717, 1.165) is 27.6 Å². The van der Waals surface area contributed by atoms with Crippen LogP contribution >= 0.6 is 11.3 Å². The van der Waals surface area contributed by atoms with E-state index in [0.29, 0.717) is 0 Å². The van der Waals surface area contributed by atoms with Gasteiger partial charge in [-0.2, -0.15) is 10.2 Å². The summed E-state index contributed by atoms with van der Waals surface area (Å²) >= 11 is 1.66. The molecule has 0 aromatic carbocycles. The van der Waals surface area contributed by atoms with Crippen LogP contribution in [0.15, 0.2) is 12.3 Å². The number of nitrogens with one attached hydrogen (secondary N) is 1. The number of hydrogen-bond donors (Lipinski definition) is 1. The molecule has 0 spiro atoms. The van der Waals surface area contributed by atoms with Gasteiger partial charge < -0.3 is 5.32 Å². The number of fused-ring (bicyclic) bond motifs is 1. The van der Waals surface area contributed by atoms with Gasteiger partial charge in [0.15, 0.2) is 10.8 Å². The highest BCUT2D eigenvalue weighted by molar-refractivity contribution is 7.22. The molecule has 1 unspecified atom stereocenters. The lowest BCUT2D eigenvalue weighted by Gasteiger charge is -2.16. The topological polar surface area (TPSA) is 60.6 Å². The van der Waals surface area contributed by atoms with Crippen molar-refractivity contribution in [1.82, 2.24) is 24.5 Å². The van der Waals surface area contributed by atoms with Crippen LogP contribution in [0.25, 0.3) is 10.3 Å². The van der Waals surface area contributed by atoms with Crippen molar-refractivity contribution in [3.63, 3.8) is 0 Å². The Kier molecular flexibility index (Phi) is 3.21. The Morgan fingerprint density at radius 3 is 2.75 bits per heavy atom. The fraction of sp³-hybridized carbons (Fsp3) is 0.462. The third kappa shape index (κ3) is 2.07. The first kappa shape index (κ1) is 13.1. The van der Waals surface area contributed by atoms with Crippen LogP contribution < -0.4 is 5.32 Å². The van der Waals surface area contributed by atoms with E-state index in [1.54, 1.807) is 11.3 Å². The molecule has 1 atom stereocenters. The summed E-state index contributed by atoms with van der Waals surface area (Å²) in [5.41, 5.74) is 3.14. The van der Waals surface area contributed by atoms with Crippen molar-refractivity contribution < 1.29 is 0 Å². The minimum atomic E-state index is 0.219. The molecule has 20 heavy (non-hydrogen) atoms. The first-order valence-electron chi connectivity index (χ1n) is 6.64. The molecule has 3 rings (SSSR count). The Morgan fingerprint density at radius 2 is 2.15 bits per heavy atom. The van der Waals surface area contributed by atoms with Gasteiger partial charge in [0.2, 0.25) is 0 Å². The molecule has 106 valence electrons. The molecule has 1 N–H and O–H groups in total. The fourth-order valence-corrected chi connectivity index (χ4v) is 3.39. The smallest absolute Gasteiger partial charge is 0.185 e. The first-order valence-corrected chi connectivity index (χ1v) is 7.46. The van der Waals surface area contributed by atoms with Crippen molar-refractivity contribution >= 4 is 26.8 Å². The second-order valence-corrected chi connectivity index (χ2v) is 5.86. The molecule has 0 amide bonds. The normalized spacial score (nSPS) is 13.0. The Labute approximate surface area is 121 Å². The summed E-state index contributed by atoms with van der Waals surface area (Å²) in [5, 5.41) is 13.1. The average molecular weight is 290 g/mol. The number of hydrogen-bond acceptors (Lipinski definition) is 5. The number of rotatable bonds is 4. The molecule has 3 heterocycles. The van der Waals surface area contributed by atoms with Crippen LogP contribution in [0.3, 0.4) is 0 Å². The van der Waals surface area contributed by atoms with E-state index in [1.165, 1.54) is 5.69 Å². The molecule has 0 bridgehead atoms. The summed E-state index contributed by atoms with van der Waals surface area (Å²) in [5.74, 6) is 0. The Balaban J connectivity index is 1.91. The largest absolute Gasteiger partial charge is 0.353 e. The third-order valence-electron chi connectivity index (χ3n) is 3.47. The van der Waals surface area contributed by atoms with Gasteiger partial charge in [0.1, 0.15) is 0 Å². The lowest BCUT2D eigenvalue weighted by Crippen LogP contribution is -2.13. The van der Waals surface area contributed by atoms with E-state index in [9.17, 15) is 0 Å². The molecule has 3 aromatic rings. The van der Waals surface area contributed by atoms with Crippen LogP contribution in [-0.2, 0) is 14.1 Å². The quantitative estimate of drug-likeness (QED) is 0.802. The predicted molar refractivity (Wildman–Crippen MR) is 81.0 cm³/mol. The lowest BCUT2D eigenvalue weighted by molar-refractivity contribution is 0.633. The SMILES string of the molecule is CCC(Nc1nc2c(s1)c(C)nn2C)c1ccnn1C. The predicted octanol–water partition coefficient (Wildman–Crippen LogP) is 2.63. The number of thiazole rings is 1. The molecule has 0 aliphatic heterocycles. The van der Waals surface area contributed by atoms with Gasteiger partial charge in [0, 0.05) is 20.3 Å². The summed E-state index contributed by atoms with van der Waals surface area (Å²) in [6.07, 6.45) is 2.80. The number of aromatic nitrogens is 5. The van der Waals surface area contributed by atoms with Crippen LogP contribution in [0.2, 0.25) is 0 Å². The van der Waals surface area contributed by atoms with Crippen molar-refractivity contribution in [2.75, 3.05) is 5.32 Å². The standard InChI is InChI=1S/C13H18N6S/c1-5-9(10-6-7-14-18(10)3)15-13-16-12-11(20-13)8(2)17-19(12)4/h6-7,9H,5H2,1-4H3,(H,15,16). The third-order valence-corrected chi connectivity index (χ3v) is 4.55. The zero-order chi connectivity index (χ0) is 14.3. The van der Waals surface area contributed by atoms with E-state index in [2.05, 4.69) is 27.4 Å². The minimum Gasteiger partial charge on any atom is -0.353 e. The van der Waals surface area contributed by atoms with Crippen molar-refractivity contribution in [1.29, 1.82) is 0 Å². The van der Waals surface area contributed by atoms with Gasteiger partial charge in [-0.1, -0.05) is 18.3 Å². The maximum absolute atomic E-state index is 4.64. The number of nitrogens with zero attached hydrogens (tertiary/aromatic N) is 5. The second-order valence-electron chi connectivity index (χ2n) is 4.87. The minimum absolute atomic E-state index is 0.219. The molecule has 0 radical (unpaired) electrons. The molecule has 7 heteroatoms. The van der Waals surface area contributed by atoms with Gasteiger partial charge in [0.25, 0.3) is 0 Å². The maximum Gasteiger partial charge on any atom is 0.185 e. The monoisotopic (exact) mass is 290 g/mol. The van der Waals surface area contributed by atoms with Gasteiger partial charge in [-0.25, -0.2) is 9.67 Å². The van der Waals surface area contributed by atoms with Gasteiger partial charge >= 0.3 is 0 Å². The Morgan fingerprint density at radius 1 is 1.35 bits per heavy atom. The Hall–Kier alpha value is -1.89. The molecular weight excluding hydrogens is 272 g/mol. The number of anilines is 1. The highest BCUT2D eigenvalue weighted by Crippen LogP contribution is 2.31. The summed E-state index contributed by atoms with van der Waals surface area (Å²) < 4.78 is 4.88. The van der Waals surface area contributed by atoms with E-state index in [1.807, 2.05) is 42.6 Å².